The molecular weight excluding hydrogens is 301 g/mol. The van der Waals surface area contributed by atoms with Gasteiger partial charge in [0.15, 0.2) is 0 Å². The van der Waals surface area contributed by atoms with Gasteiger partial charge < -0.3 is 0 Å². The van der Waals surface area contributed by atoms with Crippen LogP contribution in [0.5, 0.6) is 0 Å². The third-order valence-corrected chi connectivity index (χ3v) is 0. The summed E-state index contributed by atoms with van der Waals surface area (Å²) in [7, 11) is 0. The van der Waals surface area contributed by atoms with Gasteiger partial charge in [-0.1, -0.05) is 0 Å². The van der Waals surface area contributed by atoms with Crippen LogP contribution < -0.4 is 0 Å². The third-order valence-electron chi connectivity index (χ3n) is 0. The minimum atomic E-state index is 0. The largest absolute Gasteiger partial charge is 0 e. The zero-order valence-electron chi connectivity index (χ0n) is 1.32. The first-order valence-electron chi connectivity index (χ1n) is 0. The van der Waals surface area contributed by atoms with Crippen LogP contribution in [0.2, 0.25) is 0 Å². The maximum absolute atomic E-state index is 0. The zero-order chi connectivity index (χ0) is 0. The molecule has 4 radical (unpaired) electrons. The van der Waals surface area contributed by atoms with E-state index in [1.807, 2.05) is 0 Å². The van der Waals surface area contributed by atoms with Gasteiger partial charge in [0, 0.05) is 55.0 Å². The van der Waals surface area contributed by atoms with Crippen molar-refractivity contribution in [3.8, 4) is 0 Å². The van der Waals surface area contributed by atoms with E-state index in [4.69, 9.17) is 0 Å². The van der Waals surface area contributed by atoms with E-state index in [9.17, 15) is 0 Å². The third kappa shape index (κ3) is 8.94. The molecule has 0 N–H and O–H groups in total. The molecule has 0 bridgehead atoms. The molecule has 0 aromatic heterocycles. The van der Waals surface area contributed by atoms with Gasteiger partial charge in [0.1, 0.15) is 0 Å². The summed E-state index contributed by atoms with van der Waals surface area (Å²) in [5.41, 5.74) is 0. The number of rotatable bonds is 0. The molecule has 0 spiro atoms. The van der Waals surface area contributed by atoms with Gasteiger partial charge in [-0.05, 0) is 0 Å². The van der Waals surface area contributed by atoms with Gasteiger partial charge in [-0.25, -0.2) is 0 Å². The quantitative estimate of drug-likeness (QED) is 0.512. The molecule has 0 aliphatic rings. The van der Waals surface area contributed by atoms with Gasteiger partial charge in [-0.15, -0.1) is 0 Å². The molecule has 4 heteroatoms. The second kappa shape index (κ2) is 16.5. The van der Waals surface area contributed by atoms with Crippen molar-refractivity contribution >= 4 is 48.9 Å². The Morgan fingerprint density at radius 2 is 1.00 bits per heavy atom. The van der Waals surface area contributed by atoms with Crippen LogP contribution in [0.1, 0.15) is 0 Å². The zero-order valence-corrected chi connectivity index (χ0v) is 5.20. The van der Waals surface area contributed by atoms with E-state index in [-0.39, 0.29) is 104 Å². The van der Waals surface area contributed by atoms with Crippen LogP contribution in [0.3, 0.4) is 0 Å². The second-order valence-electron chi connectivity index (χ2n) is 0. The Kier molecular flexibility index (Phi) is 112. The van der Waals surface area contributed by atoms with Crippen molar-refractivity contribution in [2.45, 2.75) is 0 Å². The molecule has 0 amide bonds. The number of hydrogen-bond donors (Lipinski definition) is 0. The van der Waals surface area contributed by atoms with Crippen molar-refractivity contribution in [2.24, 2.45) is 0 Å². The number of hydrogen-bond acceptors (Lipinski definition) is 0. The van der Waals surface area contributed by atoms with E-state index >= 15 is 0 Å². The molecule has 1 nitrogen and oxygen atoms in total. The standard InChI is InChI=1S/Ba.Co.O.Y.2H. The summed E-state index contributed by atoms with van der Waals surface area (Å²) < 4.78 is 0. The minimum absolute atomic E-state index is 0. The summed E-state index contributed by atoms with van der Waals surface area (Å²) in [4.78, 5) is 0. The van der Waals surface area contributed by atoms with E-state index in [0.717, 1.165) is 0 Å². The van der Waals surface area contributed by atoms with Crippen LogP contribution in [-0.2, 0) is 55.0 Å². The van der Waals surface area contributed by atoms with Crippen LogP contribution in [0, 0.1) is 0 Å². The van der Waals surface area contributed by atoms with Crippen LogP contribution >= 0.6 is 0 Å². The topological polar surface area (TPSA) is 28.5 Å². The summed E-state index contributed by atoms with van der Waals surface area (Å²) >= 11 is 0. The molecule has 0 unspecified atom stereocenters. The van der Waals surface area contributed by atoms with E-state index in [1.54, 1.807) is 0 Å². The molecule has 0 heterocycles. The Labute approximate surface area is 101 Å². The van der Waals surface area contributed by atoms with Crippen molar-refractivity contribution in [3.05, 3.63) is 0 Å². The van der Waals surface area contributed by atoms with E-state index in [0.29, 0.717) is 0 Å². The normalized spacial score (nSPS) is 0. The van der Waals surface area contributed by atoms with Gasteiger partial charge in [0.25, 0.3) is 0 Å². The molecule has 0 saturated heterocycles. The van der Waals surface area contributed by atoms with Crippen molar-refractivity contribution in [1.29, 1.82) is 0 Å². The Balaban J connectivity index is 0. The Hall–Kier alpha value is 3.14. The first-order valence-corrected chi connectivity index (χ1v) is 0. The fourth-order valence-corrected chi connectivity index (χ4v) is 0. The molecule has 0 atom stereocenters. The predicted molar refractivity (Wildman–Crippen MR) is 9.23 cm³/mol. The molecule has 0 aliphatic carbocycles. The summed E-state index contributed by atoms with van der Waals surface area (Å²) in [6.07, 6.45) is 0. The average Bonchev–Trinajstić information content (AvgIpc) is 0. The van der Waals surface area contributed by atoms with Crippen molar-refractivity contribution in [2.75, 3.05) is 0 Å². The van der Waals surface area contributed by atoms with Gasteiger partial charge >= 0.3 is 48.9 Å². The first-order chi connectivity index (χ1) is 0. The molecule has 0 saturated carbocycles. The minimum Gasteiger partial charge on any atom is 0 e. The van der Waals surface area contributed by atoms with Crippen LogP contribution in [0.15, 0.2) is 0 Å². The summed E-state index contributed by atoms with van der Waals surface area (Å²) in [6.45, 7) is 0. The fraction of sp³-hybridized carbons (Fsp3) is 0. The molecule has 0 aromatic carbocycles. The second-order valence-corrected chi connectivity index (χ2v) is 0. The molecule has 0 aromatic rings. The van der Waals surface area contributed by atoms with Gasteiger partial charge in [0.05, 0.1) is 0 Å². The molecule has 4 heavy (non-hydrogen) atoms. The van der Waals surface area contributed by atoms with Crippen molar-refractivity contribution in [1.82, 2.24) is 0 Å². The smallest absolute Gasteiger partial charge is 0 e. The molecule has 0 aliphatic heterocycles. The summed E-state index contributed by atoms with van der Waals surface area (Å²) in [5.74, 6) is 0. The predicted octanol–water partition coefficient (Wildman–Crippen LogP) is -1.04. The van der Waals surface area contributed by atoms with E-state index in [2.05, 4.69) is 0 Å². The summed E-state index contributed by atoms with van der Waals surface area (Å²) in [6, 6.07) is 0. The van der Waals surface area contributed by atoms with Gasteiger partial charge in [0.2, 0.25) is 0 Å². The van der Waals surface area contributed by atoms with Gasteiger partial charge in [-0.2, -0.15) is 0 Å². The van der Waals surface area contributed by atoms with Crippen LogP contribution in [-0.4, -0.2) is 48.9 Å². The monoisotopic (exact) mass is 304 g/mol. The molecule has 22 valence electrons. The first kappa shape index (κ1) is 27.3. The Morgan fingerprint density at radius 1 is 1.00 bits per heavy atom. The van der Waals surface area contributed by atoms with E-state index < -0.39 is 0 Å². The van der Waals surface area contributed by atoms with Crippen molar-refractivity contribution < 1.29 is 55.0 Å². The Bertz CT molecular complexity index is 8.00. The SMILES string of the molecule is [BaH2].[Co].[O].[Y]. The van der Waals surface area contributed by atoms with Crippen LogP contribution in [0.25, 0.3) is 0 Å². The maximum Gasteiger partial charge on any atom is 0 e. The van der Waals surface area contributed by atoms with E-state index in [1.165, 1.54) is 0 Å². The summed E-state index contributed by atoms with van der Waals surface area (Å²) in [5, 5.41) is 0. The maximum atomic E-state index is 0. The molecule has 0 rings (SSSR count). The molecule has 0 fully saturated rings. The van der Waals surface area contributed by atoms with Crippen LogP contribution in [0.4, 0.5) is 0 Å². The fourth-order valence-electron chi connectivity index (χ4n) is 0. The molecular formula is H2BaCoOY. The average molecular weight is 303 g/mol. The van der Waals surface area contributed by atoms with Gasteiger partial charge in [-0.3, -0.25) is 0 Å². The Morgan fingerprint density at radius 3 is 1.00 bits per heavy atom. The van der Waals surface area contributed by atoms with Crippen molar-refractivity contribution in [3.63, 3.8) is 0 Å².